The Hall–Kier alpha value is -0.945. The van der Waals surface area contributed by atoms with Gasteiger partial charge in [-0.15, -0.1) is 7.80 Å². The van der Waals surface area contributed by atoms with Crippen molar-refractivity contribution in [2.24, 2.45) is 0 Å². The molecule has 1 aromatic carbocycles. The van der Waals surface area contributed by atoms with Crippen LogP contribution in [0.3, 0.4) is 0 Å². The fourth-order valence-electron chi connectivity index (χ4n) is 2.99. The highest BCUT2D eigenvalue weighted by atomic mass is 31.1. The van der Waals surface area contributed by atoms with E-state index < -0.39 is 0 Å². The van der Waals surface area contributed by atoms with Gasteiger partial charge in [0.1, 0.15) is 0 Å². The molecule has 0 radical (unpaired) electrons. The van der Waals surface area contributed by atoms with Gasteiger partial charge in [-0.1, -0.05) is 45.1 Å². The summed E-state index contributed by atoms with van der Waals surface area (Å²) in [5.41, 5.74) is 5.47. The van der Waals surface area contributed by atoms with Crippen molar-refractivity contribution in [1.29, 1.82) is 0 Å². The van der Waals surface area contributed by atoms with Crippen LogP contribution in [0.1, 0.15) is 37.5 Å². The van der Waals surface area contributed by atoms with Crippen LogP contribution >= 0.6 is 7.80 Å². The first-order chi connectivity index (χ1) is 10.2. The summed E-state index contributed by atoms with van der Waals surface area (Å²) < 4.78 is 0. The molecule has 1 aliphatic heterocycles. The molecule has 1 unspecified atom stereocenters. The van der Waals surface area contributed by atoms with E-state index in [1.165, 1.54) is 29.4 Å². The smallest absolute Gasteiger partial charge is 0.175 e. The van der Waals surface area contributed by atoms with Crippen LogP contribution in [0.25, 0.3) is 0 Å². The van der Waals surface area contributed by atoms with Crippen molar-refractivity contribution in [2.45, 2.75) is 46.7 Å². The summed E-state index contributed by atoms with van der Waals surface area (Å²) in [5, 5.41) is 0.461. The zero-order valence-electron chi connectivity index (χ0n) is 15.3. The predicted molar refractivity (Wildman–Crippen MR) is 104 cm³/mol. The Morgan fingerprint density at radius 2 is 1.68 bits per heavy atom. The molecule has 0 saturated carbocycles. The van der Waals surface area contributed by atoms with E-state index in [1.54, 1.807) is 0 Å². The molecule has 0 spiro atoms. The molecule has 1 heterocycles. The van der Waals surface area contributed by atoms with Crippen LogP contribution in [-0.4, -0.2) is 36.8 Å². The molecule has 1 aromatic rings. The largest absolute Gasteiger partial charge is 0.366 e. The normalized spacial score (nSPS) is 16.3. The second kappa shape index (κ2) is 6.66. The molecule has 0 saturated heterocycles. The van der Waals surface area contributed by atoms with Gasteiger partial charge >= 0.3 is 0 Å². The SMILES string of the molecule is Cc1cc(C)c(N2C=CN(CBP(C)C(C)(C)C)C2)c(C)c1. The second-order valence-electron chi connectivity index (χ2n) is 7.56. The lowest BCUT2D eigenvalue weighted by Gasteiger charge is -2.30. The van der Waals surface area contributed by atoms with E-state index in [1.807, 2.05) is 0 Å². The van der Waals surface area contributed by atoms with Gasteiger partial charge in [-0.05, 0) is 43.5 Å². The topological polar surface area (TPSA) is 6.48 Å². The molecular weight excluding hydrogens is 286 g/mol. The molecule has 2 nitrogen and oxygen atoms in total. The minimum atomic E-state index is 0.0829. The van der Waals surface area contributed by atoms with Crippen molar-refractivity contribution in [3.8, 4) is 0 Å². The highest BCUT2D eigenvalue weighted by molar-refractivity contribution is 7.86. The summed E-state index contributed by atoms with van der Waals surface area (Å²) in [6.45, 7) is 18.4. The molecule has 4 heteroatoms. The molecule has 0 N–H and O–H groups in total. The maximum Gasteiger partial charge on any atom is 0.175 e. The van der Waals surface area contributed by atoms with E-state index in [2.05, 4.69) is 82.5 Å². The molecule has 0 aliphatic carbocycles. The Balaban J connectivity index is 1.98. The second-order valence-corrected chi connectivity index (χ2v) is 10.7. The van der Waals surface area contributed by atoms with Gasteiger partial charge in [0, 0.05) is 18.1 Å². The molecule has 0 amide bonds. The Kier molecular flexibility index (Phi) is 5.27. The lowest BCUT2D eigenvalue weighted by atomic mass is 10.0. The van der Waals surface area contributed by atoms with Crippen LogP contribution in [0.15, 0.2) is 24.5 Å². The Morgan fingerprint density at radius 3 is 2.23 bits per heavy atom. The average Bonchev–Trinajstić information content (AvgIpc) is 2.82. The van der Waals surface area contributed by atoms with Crippen LogP contribution in [0.2, 0.25) is 0 Å². The van der Waals surface area contributed by atoms with Crippen molar-refractivity contribution in [3.05, 3.63) is 41.2 Å². The van der Waals surface area contributed by atoms with E-state index in [0.717, 1.165) is 13.1 Å². The molecular formula is C18H30BN2P. The summed E-state index contributed by atoms with van der Waals surface area (Å²) in [6.07, 6.45) is 5.65. The van der Waals surface area contributed by atoms with Crippen molar-refractivity contribution in [1.82, 2.24) is 4.90 Å². The van der Waals surface area contributed by atoms with Crippen LogP contribution < -0.4 is 4.90 Å². The standard InChI is InChI=1S/C18H30BN2P/c1-14-10-15(2)17(16(3)11-14)21-9-8-20(13-21)12-19-22(7)18(4,5)6/h8-11,19H,12-13H2,1-7H3. The summed E-state index contributed by atoms with van der Waals surface area (Å²) in [7, 11) is 0.0829. The van der Waals surface area contributed by atoms with Crippen LogP contribution in [-0.2, 0) is 0 Å². The first-order valence-electron chi connectivity index (χ1n) is 8.16. The van der Waals surface area contributed by atoms with Gasteiger partial charge in [-0.3, -0.25) is 0 Å². The zero-order chi connectivity index (χ0) is 16.5. The third kappa shape index (κ3) is 4.07. The molecule has 0 bridgehead atoms. The minimum absolute atomic E-state index is 0.0829. The number of benzene rings is 1. The van der Waals surface area contributed by atoms with E-state index in [0.29, 0.717) is 5.16 Å². The van der Waals surface area contributed by atoms with Gasteiger partial charge in [0.2, 0.25) is 0 Å². The van der Waals surface area contributed by atoms with Crippen molar-refractivity contribution >= 4 is 20.5 Å². The molecule has 0 aromatic heterocycles. The van der Waals surface area contributed by atoms with E-state index >= 15 is 0 Å². The van der Waals surface area contributed by atoms with E-state index in [-0.39, 0.29) is 7.80 Å². The number of rotatable bonds is 4. The maximum atomic E-state index is 2.45. The molecule has 1 atom stereocenters. The maximum absolute atomic E-state index is 2.45. The third-order valence-corrected chi connectivity index (χ3v) is 7.74. The Morgan fingerprint density at radius 1 is 1.09 bits per heavy atom. The van der Waals surface area contributed by atoms with Gasteiger partial charge in [0.25, 0.3) is 0 Å². The average molecular weight is 316 g/mol. The number of hydrogen-bond donors (Lipinski definition) is 0. The third-order valence-electron chi connectivity index (χ3n) is 4.58. The number of anilines is 1. The Bertz CT molecular complexity index is 540. The highest BCUT2D eigenvalue weighted by Gasteiger charge is 2.22. The van der Waals surface area contributed by atoms with Gasteiger partial charge < -0.3 is 9.80 Å². The predicted octanol–water partition coefficient (Wildman–Crippen LogP) is 4.38. The van der Waals surface area contributed by atoms with Crippen LogP contribution in [0, 0.1) is 20.8 Å². The Labute approximate surface area is 138 Å². The molecule has 1 aliphatic rings. The van der Waals surface area contributed by atoms with E-state index in [4.69, 9.17) is 0 Å². The van der Waals surface area contributed by atoms with Gasteiger partial charge in [-0.2, -0.15) is 0 Å². The molecule has 2 rings (SSSR count). The van der Waals surface area contributed by atoms with Crippen molar-refractivity contribution in [3.63, 3.8) is 0 Å². The monoisotopic (exact) mass is 316 g/mol. The lowest BCUT2D eigenvalue weighted by Crippen LogP contribution is -2.30. The van der Waals surface area contributed by atoms with Gasteiger partial charge in [0.15, 0.2) is 7.00 Å². The molecule has 120 valence electrons. The summed E-state index contributed by atoms with van der Waals surface area (Å²) in [6, 6.07) is 4.56. The van der Waals surface area contributed by atoms with E-state index in [9.17, 15) is 0 Å². The number of hydrogen-bond acceptors (Lipinski definition) is 2. The lowest BCUT2D eigenvalue weighted by molar-refractivity contribution is 0.471. The first-order valence-corrected chi connectivity index (χ1v) is 10.1. The van der Waals surface area contributed by atoms with Gasteiger partial charge in [-0.25, -0.2) is 0 Å². The molecule has 22 heavy (non-hydrogen) atoms. The first kappa shape index (κ1) is 17.4. The molecule has 0 fully saturated rings. The zero-order valence-corrected chi connectivity index (χ0v) is 16.2. The summed E-state index contributed by atoms with van der Waals surface area (Å²) >= 11 is 0. The fraction of sp³-hybridized carbons (Fsp3) is 0.556. The summed E-state index contributed by atoms with van der Waals surface area (Å²) in [4.78, 5) is 4.84. The van der Waals surface area contributed by atoms with Crippen molar-refractivity contribution in [2.75, 3.05) is 24.7 Å². The van der Waals surface area contributed by atoms with Gasteiger partial charge in [0.05, 0.1) is 6.67 Å². The quantitative estimate of drug-likeness (QED) is 0.601. The van der Waals surface area contributed by atoms with Crippen molar-refractivity contribution < 1.29 is 0 Å². The van der Waals surface area contributed by atoms with Crippen LogP contribution in [0.4, 0.5) is 5.69 Å². The minimum Gasteiger partial charge on any atom is -0.366 e. The summed E-state index contributed by atoms with van der Waals surface area (Å²) in [5.74, 6) is 0. The fourth-order valence-corrected chi connectivity index (χ4v) is 4.22. The number of nitrogens with zero attached hydrogens (tertiary/aromatic N) is 2. The number of aryl methyl sites for hydroxylation is 3. The van der Waals surface area contributed by atoms with Crippen LogP contribution in [0.5, 0.6) is 0 Å². The highest BCUT2D eigenvalue weighted by Crippen LogP contribution is 2.44.